The number of carbonyl (C=O) groups excluding carboxylic acids is 1. The number of hydrogen-bond donors (Lipinski definition) is 1. The molecule has 7 nitrogen and oxygen atoms in total. The molecule has 0 saturated heterocycles. The van der Waals surface area contributed by atoms with Crippen molar-refractivity contribution in [3.05, 3.63) is 48.5 Å². The number of nitrogens with zero attached hydrogens (tertiary/aromatic N) is 1. The lowest BCUT2D eigenvalue weighted by Crippen LogP contribution is -2.42. The monoisotopic (exact) mass is 392 g/mol. The topological polar surface area (TPSA) is 84.9 Å². The maximum absolute atomic E-state index is 13.3. The minimum atomic E-state index is -4.01. The number of benzene rings is 2. The number of nitrogens with one attached hydrogen (secondary N) is 1. The average Bonchev–Trinajstić information content (AvgIpc) is 2.65. The summed E-state index contributed by atoms with van der Waals surface area (Å²) in [5, 5.41) is 2.72. The molecule has 0 aromatic heterocycles. The maximum Gasteiger partial charge on any atom is 0.264 e. The normalized spacial score (nSPS) is 11.1. The number of carbonyl (C=O) groups is 1. The Morgan fingerprint density at radius 3 is 2.22 bits per heavy atom. The van der Waals surface area contributed by atoms with Crippen molar-refractivity contribution in [3.8, 4) is 11.5 Å². The Bertz CT molecular complexity index is 882. The van der Waals surface area contributed by atoms with Gasteiger partial charge < -0.3 is 14.8 Å². The summed E-state index contributed by atoms with van der Waals surface area (Å²) in [6.45, 7) is 3.29. The van der Waals surface area contributed by atoms with Crippen molar-refractivity contribution in [1.29, 1.82) is 0 Å². The zero-order valence-corrected chi connectivity index (χ0v) is 16.6. The van der Waals surface area contributed by atoms with Gasteiger partial charge in [0.05, 0.1) is 24.8 Å². The molecule has 2 aromatic carbocycles. The number of rotatable bonds is 8. The molecule has 1 N–H and O–H groups in total. The number of methoxy groups -OCH3 is 2. The highest BCUT2D eigenvalue weighted by Crippen LogP contribution is 2.32. The van der Waals surface area contributed by atoms with Crippen LogP contribution in [-0.4, -0.2) is 41.1 Å². The summed E-state index contributed by atoms with van der Waals surface area (Å²) in [4.78, 5) is 12.3. The van der Waals surface area contributed by atoms with Crippen LogP contribution < -0.4 is 19.1 Å². The van der Waals surface area contributed by atoms with Gasteiger partial charge >= 0.3 is 0 Å². The third-order valence-corrected chi connectivity index (χ3v) is 5.49. The molecule has 2 rings (SSSR count). The van der Waals surface area contributed by atoms with Gasteiger partial charge in [-0.15, -0.1) is 0 Å². The second kappa shape index (κ2) is 8.77. The van der Waals surface area contributed by atoms with Crippen LogP contribution in [0.2, 0.25) is 0 Å². The lowest BCUT2D eigenvalue weighted by Gasteiger charge is -2.25. The smallest absolute Gasteiger partial charge is 0.264 e. The van der Waals surface area contributed by atoms with Crippen molar-refractivity contribution in [2.24, 2.45) is 0 Å². The molecule has 0 aliphatic heterocycles. The van der Waals surface area contributed by atoms with Gasteiger partial charge in [-0.25, -0.2) is 8.42 Å². The Balaban J connectivity index is 2.48. The maximum atomic E-state index is 13.3. The van der Waals surface area contributed by atoms with E-state index in [1.807, 2.05) is 13.8 Å². The van der Waals surface area contributed by atoms with E-state index in [0.29, 0.717) is 17.2 Å². The van der Waals surface area contributed by atoms with E-state index in [0.717, 1.165) is 4.31 Å². The summed E-state index contributed by atoms with van der Waals surface area (Å²) in [5.41, 5.74) is 0.395. The Morgan fingerprint density at radius 2 is 1.67 bits per heavy atom. The highest BCUT2D eigenvalue weighted by Gasteiger charge is 2.28. The molecule has 0 radical (unpaired) electrons. The zero-order valence-electron chi connectivity index (χ0n) is 15.8. The molecule has 0 bridgehead atoms. The molecule has 0 spiro atoms. The predicted molar refractivity (Wildman–Crippen MR) is 104 cm³/mol. The molecular formula is C19H24N2O5S. The first-order valence-corrected chi connectivity index (χ1v) is 9.82. The average molecular weight is 392 g/mol. The second-order valence-corrected chi connectivity index (χ2v) is 7.95. The van der Waals surface area contributed by atoms with E-state index >= 15 is 0 Å². The van der Waals surface area contributed by atoms with Gasteiger partial charge in [0.15, 0.2) is 11.5 Å². The molecule has 0 saturated carbocycles. The first kappa shape index (κ1) is 20.6. The quantitative estimate of drug-likeness (QED) is 0.746. The summed E-state index contributed by atoms with van der Waals surface area (Å²) in [7, 11) is -1.10. The van der Waals surface area contributed by atoms with E-state index < -0.39 is 15.9 Å². The van der Waals surface area contributed by atoms with E-state index in [2.05, 4.69) is 5.32 Å². The largest absolute Gasteiger partial charge is 0.493 e. The number of ether oxygens (including phenoxy) is 2. The SMILES string of the molecule is COc1ccc(S(=O)(=O)N(CC(=O)NC(C)C)c2ccccc2)cc1OC. The number of hydrogen-bond acceptors (Lipinski definition) is 5. The Kier molecular flexibility index (Phi) is 6.68. The van der Waals surface area contributed by atoms with E-state index in [1.165, 1.54) is 32.4 Å². The van der Waals surface area contributed by atoms with Crippen molar-refractivity contribution in [2.75, 3.05) is 25.1 Å². The third-order valence-electron chi connectivity index (χ3n) is 3.72. The fourth-order valence-corrected chi connectivity index (χ4v) is 3.95. The van der Waals surface area contributed by atoms with Crippen LogP contribution in [0.15, 0.2) is 53.4 Å². The minimum Gasteiger partial charge on any atom is -0.493 e. The van der Waals surface area contributed by atoms with Crippen LogP contribution in [-0.2, 0) is 14.8 Å². The molecule has 0 atom stereocenters. The summed E-state index contributed by atoms with van der Waals surface area (Å²) in [6, 6.07) is 12.7. The molecule has 2 aromatic rings. The summed E-state index contributed by atoms with van der Waals surface area (Å²) in [5.74, 6) is 0.316. The van der Waals surface area contributed by atoms with Crippen molar-refractivity contribution >= 4 is 21.6 Å². The van der Waals surface area contributed by atoms with Crippen LogP contribution in [0.25, 0.3) is 0 Å². The van der Waals surface area contributed by atoms with Gasteiger partial charge in [-0.2, -0.15) is 0 Å². The predicted octanol–water partition coefficient (Wildman–Crippen LogP) is 2.42. The Hall–Kier alpha value is -2.74. The molecule has 27 heavy (non-hydrogen) atoms. The summed E-state index contributed by atoms with van der Waals surface area (Å²) < 4.78 is 38.0. The highest BCUT2D eigenvalue weighted by molar-refractivity contribution is 7.92. The lowest BCUT2D eigenvalue weighted by molar-refractivity contribution is -0.120. The first-order chi connectivity index (χ1) is 12.8. The van der Waals surface area contributed by atoms with E-state index in [1.54, 1.807) is 30.3 Å². The van der Waals surface area contributed by atoms with E-state index in [-0.39, 0.29) is 17.5 Å². The molecular weight excluding hydrogens is 368 g/mol. The molecule has 146 valence electrons. The first-order valence-electron chi connectivity index (χ1n) is 8.38. The minimum absolute atomic E-state index is 0.00125. The molecule has 0 heterocycles. The van der Waals surface area contributed by atoms with E-state index in [9.17, 15) is 13.2 Å². The van der Waals surface area contributed by atoms with Crippen LogP contribution >= 0.6 is 0 Å². The van der Waals surface area contributed by atoms with Gasteiger partial charge in [-0.05, 0) is 38.1 Å². The Morgan fingerprint density at radius 1 is 1.04 bits per heavy atom. The summed E-state index contributed by atoms with van der Waals surface area (Å²) in [6.07, 6.45) is 0. The standard InChI is InChI=1S/C19H24N2O5S/c1-14(2)20-19(22)13-21(15-8-6-5-7-9-15)27(23,24)16-10-11-17(25-3)18(12-16)26-4/h5-12,14H,13H2,1-4H3,(H,20,22). The van der Waals surface area contributed by atoms with Gasteiger partial charge in [-0.3, -0.25) is 9.10 Å². The van der Waals surface area contributed by atoms with Crippen molar-refractivity contribution in [2.45, 2.75) is 24.8 Å². The van der Waals surface area contributed by atoms with Crippen LogP contribution in [0.5, 0.6) is 11.5 Å². The van der Waals surface area contributed by atoms with Gasteiger partial charge in [0.1, 0.15) is 6.54 Å². The van der Waals surface area contributed by atoms with E-state index in [4.69, 9.17) is 9.47 Å². The fraction of sp³-hybridized carbons (Fsp3) is 0.316. The summed E-state index contributed by atoms with van der Waals surface area (Å²) >= 11 is 0. The lowest BCUT2D eigenvalue weighted by atomic mass is 10.3. The number of sulfonamides is 1. The molecule has 0 aliphatic carbocycles. The van der Waals surface area contributed by atoms with Gasteiger partial charge in [0.2, 0.25) is 5.91 Å². The van der Waals surface area contributed by atoms with Crippen LogP contribution in [0, 0.1) is 0 Å². The second-order valence-electron chi connectivity index (χ2n) is 6.09. The number of amides is 1. The molecule has 8 heteroatoms. The molecule has 0 aliphatic rings. The fourth-order valence-electron chi connectivity index (χ4n) is 2.51. The number of para-hydroxylation sites is 1. The highest BCUT2D eigenvalue weighted by atomic mass is 32.2. The van der Waals surface area contributed by atoms with Crippen molar-refractivity contribution in [1.82, 2.24) is 5.32 Å². The molecule has 0 fully saturated rings. The zero-order chi connectivity index (χ0) is 20.0. The molecule has 1 amide bonds. The third kappa shape index (κ3) is 4.91. The van der Waals surface area contributed by atoms with Crippen molar-refractivity contribution < 1.29 is 22.7 Å². The number of anilines is 1. The van der Waals surface area contributed by atoms with Gasteiger partial charge in [0, 0.05) is 12.1 Å². The van der Waals surface area contributed by atoms with Gasteiger partial charge in [0.25, 0.3) is 10.0 Å². The van der Waals surface area contributed by atoms with Crippen LogP contribution in [0.3, 0.4) is 0 Å². The van der Waals surface area contributed by atoms with Gasteiger partial charge in [-0.1, -0.05) is 18.2 Å². The molecule has 0 unspecified atom stereocenters. The van der Waals surface area contributed by atoms with Crippen LogP contribution in [0.1, 0.15) is 13.8 Å². The Labute approximate surface area is 160 Å². The van der Waals surface area contributed by atoms with Crippen molar-refractivity contribution in [3.63, 3.8) is 0 Å². The van der Waals surface area contributed by atoms with Crippen LogP contribution in [0.4, 0.5) is 5.69 Å².